The van der Waals surface area contributed by atoms with Gasteiger partial charge in [0.15, 0.2) is 11.5 Å². The molecule has 0 N–H and O–H groups in total. The Morgan fingerprint density at radius 3 is 2.56 bits per heavy atom. The molecule has 5 nitrogen and oxygen atoms in total. The maximum absolute atomic E-state index is 11.4. The van der Waals surface area contributed by atoms with Gasteiger partial charge < -0.3 is 14.2 Å². The maximum Gasteiger partial charge on any atom is 0.316 e. The minimum atomic E-state index is -0.169. The fourth-order valence-corrected chi connectivity index (χ4v) is 5.14. The molecule has 1 aliphatic rings. The summed E-state index contributed by atoms with van der Waals surface area (Å²) in [5.74, 6) is 1.76. The number of rotatable bonds is 9. The molecule has 1 heterocycles. The van der Waals surface area contributed by atoms with Gasteiger partial charge in [-0.2, -0.15) is 5.26 Å². The van der Waals surface area contributed by atoms with E-state index in [4.69, 9.17) is 14.2 Å². The number of hydrogen-bond donors (Lipinski definition) is 0. The molecule has 170 valence electrons. The maximum atomic E-state index is 11.4. The van der Waals surface area contributed by atoms with Gasteiger partial charge in [0.1, 0.15) is 11.4 Å². The number of carbonyl (C=O) groups is 1. The molecule has 0 aliphatic heterocycles. The van der Waals surface area contributed by atoms with Gasteiger partial charge in [-0.25, -0.2) is 0 Å². The number of hydrogen-bond acceptors (Lipinski definition) is 6. The third kappa shape index (κ3) is 6.60. The van der Waals surface area contributed by atoms with Gasteiger partial charge in [0.25, 0.3) is 0 Å². The van der Waals surface area contributed by atoms with E-state index < -0.39 is 0 Å². The molecule has 1 aliphatic carbocycles. The average Bonchev–Trinajstić information content (AvgIpc) is 3.29. The Kier molecular flexibility index (Phi) is 9.19. The number of nitrogens with zero attached hydrogens (tertiary/aromatic N) is 1. The first kappa shape index (κ1) is 24.3. The Morgan fingerprint density at radius 1 is 1.16 bits per heavy atom. The molecule has 3 rings (SSSR count). The fourth-order valence-electron chi connectivity index (χ4n) is 4.03. The van der Waals surface area contributed by atoms with E-state index in [1.165, 1.54) is 4.88 Å². The number of alkyl halides is 1. The monoisotopic (exact) mass is 517 g/mol. The highest BCUT2D eigenvalue weighted by Gasteiger charge is 2.23. The number of allylic oxidation sites excluding steroid dienone is 1. The third-order valence-electron chi connectivity index (χ3n) is 5.78. The first-order valence-corrected chi connectivity index (χ1v) is 12.7. The van der Waals surface area contributed by atoms with Crippen LogP contribution in [0.3, 0.4) is 0 Å². The average molecular weight is 518 g/mol. The topological polar surface area (TPSA) is 68.5 Å². The smallest absolute Gasteiger partial charge is 0.316 e. The molecule has 0 saturated heterocycles. The van der Waals surface area contributed by atoms with E-state index in [0.29, 0.717) is 23.0 Å². The number of benzene rings is 1. The zero-order chi connectivity index (χ0) is 22.9. The number of ether oxygens (including phenoxy) is 3. The number of esters is 1. The van der Waals surface area contributed by atoms with Gasteiger partial charge >= 0.3 is 5.97 Å². The Hall–Kier alpha value is -2.30. The highest BCUT2D eigenvalue weighted by molar-refractivity contribution is 9.09. The summed E-state index contributed by atoms with van der Waals surface area (Å²) in [5, 5.41) is 9.95. The Morgan fingerprint density at radius 2 is 1.91 bits per heavy atom. The van der Waals surface area contributed by atoms with Crippen molar-refractivity contribution in [3.63, 3.8) is 0 Å². The van der Waals surface area contributed by atoms with Crippen LogP contribution in [0.2, 0.25) is 0 Å². The number of nitriles is 1. The quantitative estimate of drug-likeness (QED) is 0.223. The zero-order valence-electron chi connectivity index (χ0n) is 18.4. The van der Waals surface area contributed by atoms with Crippen LogP contribution in [-0.2, 0) is 16.0 Å². The lowest BCUT2D eigenvalue weighted by molar-refractivity contribution is -0.147. The predicted octanol–water partition coefficient (Wildman–Crippen LogP) is 6.26. The zero-order valence-corrected chi connectivity index (χ0v) is 20.8. The highest BCUT2D eigenvalue weighted by atomic mass is 79.9. The lowest BCUT2D eigenvalue weighted by Gasteiger charge is -2.28. The van der Waals surface area contributed by atoms with Crippen molar-refractivity contribution < 1.29 is 19.0 Å². The van der Waals surface area contributed by atoms with Crippen molar-refractivity contribution in [2.45, 2.75) is 44.6 Å². The normalized spacial score (nSPS) is 18.6. The lowest BCUT2D eigenvalue weighted by atomic mass is 9.84. The van der Waals surface area contributed by atoms with E-state index in [1.807, 2.05) is 24.3 Å². The van der Waals surface area contributed by atoms with Crippen LogP contribution in [0.15, 0.2) is 30.3 Å². The summed E-state index contributed by atoms with van der Waals surface area (Å²) in [6.45, 7) is 0. The summed E-state index contributed by atoms with van der Waals surface area (Å²) in [5.41, 5.74) is 1.40. The van der Waals surface area contributed by atoms with Gasteiger partial charge in [-0.15, -0.1) is 11.3 Å². The van der Waals surface area contributed by atoms with E-state index in [2.05, 4.69) is 34.1 Å². The molecule has 0 radical (unpaired) electrons. The van der Waals surface area contributed by atoms with Crippen molar-refractivity contribution >= 4 is 44.9 Å². The Bertz CT molecular complexity index is 986. The van der Waals surface area contributed by atoms with Crippen molar-refractivity contribution in [3.8, 4) is 17.6 Å². The van der Waals surface area contributed by atoms with Gasteiger partial charge in [0.2, 0.25) is 0 Å². The summed E-state index contributed by atoms with van der Waals surface area (Å²) in [7, 11) is 3.18. The molecule has 1 aromatic carbocycles. The second kappa shape index (κ2) is 12.1. The molecule has 0 amide bonds. The summed E-state index contributed by atoms with van der Waals surface area (Å²) in [6, 6.07) is 12.1. The molecule has 0 atom stereocenters. The summed E-state index contributed by atoms with van der Waals surface area (Å²) < 4.78 is 16.1. The molecule has 1 fully saturated rings. The number of methoxy groups -OCH3 is 2. The van der Waals surface area contributed by atoms with Gasteiger partial charge in [-0.1, -0.05) is 15.9 Å². The molecule has 1 aromatic heterocycles. The second-order valence-corrected chi connectivity index (χ2v) is 9.61. The number of halogens is 1. The molecule has 0 bridgehead atoms. The SMILES string of the molecule is COc1ccc(/C(C#N)=C/c2ccc(CCC3CCC(OC(=O)CBr)CC3)s2)cc1OC. The second-order valence-electron chi connectivity index (χ2n) is 7.85. The minimum absolute atomic E-state index is 0.0794. The van der Waals surface area contributed by atoms with Crippen LogP contribution < -0.4 is 9.47 Å². The summed E-state index contributed by atoms with van der Waals surface area (Å²) in [4.78, 5) is 13.8. The van der Waals surface area contributed by atoms with Crippen molar-refractivity contribution in [1.29, 1.82) is 5.26 Å². The van der Waals surface area contributed by atoms with Crippen LogP contribution in [0.25, 0.3) is 11.6 Å². The summed E-state index contributed by atoms with van der Waals surface area (Å²) in [6.07, 6.45) is 8.32. The predicted molar refractivity (Wildman–Crippen MR) is 131 cm³/mol. The van der Waals surface area contributed by atoms with Crippen LogP contribution in [0.5, 0.6) is 11.5 Å². The van der Waals surface area contributed by atoms with Crippen LogP contribution in [-0.4, -0.2) is 31.6 Å². The molecule has 7 heteroatoms. The van der Waals surface area contributed by atoms with Crippen LogP contribution in [0, 0.1) is 17.2 Å². The molecule has 0 spiro atoms. The summed E-state index contributed by atoms with van der Waals surface area (Å²) >= 11 is 4.88. The number of carbonyl (C=O) groups excluding carboxylic acids is 1. The van der Waals surface area contributed by atoms with E-state index in [0.717, 1.165) is 49.0 Å². The first-order valence-electron chi connectivity index (χ1n) is 10.7. The van der Waals surface area contributed by atoms with E-state index in [-0.39, 0.29) is 17.4 Å². The van der Waals surface area contributed by atoms with Crippen molar-refractivity contribution in [1.82, 2.24) is 0 Å². The van der Waals surface area contributed by atoms with E-state index in [9.17, 15) is 10.1 Å². The van der Waals surface area contributed by atoms with Crippen molar-refractivity contribution in [2.75, 3.05) is 19.5 Å². The third-order valence-corrected chi connectivity index (χ3v) is 7.33. The highest BCUT2D eigenvalue weighted by Crippen LogP contribution is 2.33. The van der Waals surface area contributed by atoms with Gasteiger partial charge in [-0.3, -0.25) is 4.79 Å². The van der Waals surface area contributed by atoms with Crippen LogP contribution in [0.1, 0.15) is 47.4 Å². The van der Waals surface area contributed by atoms with Crippen LogP contribution in [0.4, 0.5) is 0 Å². The van der Waals surface area contributed by atoms with E-state index >= 15 is 0 Å². The molecule has 32 heavy (non-hydrogen) atoms. The first-order chi connectivity index (χ1) is 15.6. The molecule has 2 aromatic rings. The molecule has 1 saturated carbocycles. The van der Waals surface area contributed by atoms with Gasteiger partial charge in [-0.05, 0) is 86.4 Å². The standard InChI is InChI=1S/C25H28BrNO4S/c1-29-23-12-6-18(14-24(23)30-2)19(16-27)13-22-11-10-21(32-22)9-5-17-3-7-20(8-4-17)31-25(28)15-26/h6,10-14,17,20H,3-5,7-9,15H2,1-2H3/b19-13+. The number of thiophene rings is 1. The van der Waals surface area contributed by atoms with Gasteiger partial charge in [0.05, 0.1) is 25.9 Å². The lowest BCUT2D eigenvalue weighted by Crippen LogP contribution is -2.25. The van der Waals surface area contributed by atoms with E-state index in [1.54, 1.807) is 25.6 Å². The minimum Gasteiger partial charge on any atom is -0.493 e. The largest absolute Gasteiger partial charge is 0.493 e. The fraction of sp³-hybridized carbons (Fsp3) is 0.440. The van der Waals surface area contributed by atoms with Crippen molar-refractivity contribution in [3.05, 3.63) is 45.6 Å². The number of aryl methyl sites for hydroxylation is 1. The molecular weight excluding hydrogens is 490 g/mol. The molecule has 0 unspecified atom stereocenters. The molecular formula is C25H28BrNO4S. The van der Waals surface area contributed by atoms with Gasteiger partial charge in [0, 0.05) is 9.75 Å². The Balaban J connectivity index is 1.57. The Labute approximate surface area is 202 Å². The van der Waals surface area contributed by atoms with Crippen molar-refractivity contribution in [2.24, 2.45) is 5.92 Å². The van der Waals surface area contributed by atoms with Crippen LogP contribution >= 0.6 is 27.3 Å².